The third-order valence-corrected chi connectivity index (χ3v) is 8.76. The number of nitrogens with zero attached hydrogens (tertiary/aromatic N) is 2. The van der Waals surface area contributed by atoms with Crippen LogP contribution < -0.4 is 14.4 Å². The molecule has 0 aliphatic rings. The maximum Gasteiger partial charge on any atom is 0.264 e. The molecule has 4 rings (SSSR count). The van der Waals surface area contributed by atoms with E-state index in [1.165, 1.54) is 17.0 Å². The molecular formula is C32H32BrN3O5S. The molecule has 0 saturated carbocycles. The van der Waals surface area contributed by atoms with E-state index in [1.54, 1.807) is 56.3 Å². The molecule has 0 aliphatic heterocycles. The summed E-state index contributed by atoms with van der Waals surface area (Å²) in [4.78, 5) is 28.2. The van der Waals surface area contributed by atoms with Crippen molar-refractivity contribution in [3.63, 3.8) is 0 Å². The van der Waals surface area contributed by atoms with Crippen LogP contribution in [0.2, 0.25) is 0 Å². The predicted molar refractivity (Wildman–Crippen MR) is 167 cm³/mol. The quantitative estimate of drug-likeness (QED) is 0.203. The molecule has 0 heterocycles. The van der Waals surface area contributed by atoms with Crippen LogP contribution in [0.25, 0.3) is 0 Å². The molecule has 1 atom stereocenters. The van der Waals surface area contributed by atoms with Crippen LogP contribution in [-0.2, 0) is 26.2 Å². The number of amides is 2. The Hall–Kier alpha value is -4.15. The van der Waals surface area contributed by atoms with Crippen LogP contribution in [0.3, 0.4) is 0 Å². The van der Waals surface area contributed by atoms with Crippen LogP contribution in [0.15, 0.2) is 119 Å². The summed E-state index contributed by atoms with van der Waals surface area (Å²) < 4.78 is 35.6. The summed E-state index contributed by atoms with van der Waals surface area (Å²) in [6.07, 6.45) is 0. The zero-order valence-corrected chi connectivity index (χ0v) is 25.7. The first kappa shape index (κ1) is 30.8. The molecule has 2 amide bonds. The van der Waals surface area contributed by atoms with E-state index < -0.39 is 28.5 Å². The number of sulfonamides is 1. The Labute approximate surface area is 255 Å². The number of benzene rings is 4. The number of carbonyl (C=O) groups excluding carboxylic acids is 2. The van der Waals surface area contributed by atoms with Gasteiger partial charge in [0.25, 0.3) is 10.0 Å². The van der Waals surface area contributed by atoms with Crippen molar-refractivity contribution in [3.8, 4) is 11.5 Å². The second-order valence-electron chi connectivity index (χ2n) is 9.46. The van der Waals surface area contributed by atoms with Crippen LogP contribution in [-0.4, -0.2) is 44.3 Å². The van der Waals surface area contributed by atoms with Crippen molar-refractivity contribution in [2.75, 3.05) is 17.4 Å². The summed E-state index contributed by atoms with van der Waals surface area (Å²) in [7, 11) is -4.15. The third kappa shape index (κ3) is 7.77. The minimum Gasteiger partial charge on any atom is -0.457 e. The minimum atomic E-state index is -4.15. The number of para-hydroxylation sites is 1. The standard InChI is InChI=1S/C32H32BrN3O5S/c1-3-34-32(38)24(2)35(22-25-11-10-12-26(33)21-25)31(37)23-36(42(39,40)30-15-8-5-9-16-30)27-17-19-29(20-18-27)41-28-13-6-4-7-14-28/h4-21,24H,3,22-23H2,1-2H3,(H,34,38). The van der Waals surface area contributed by atoms with Gasteiger partial charge in [0.05, 0.1) is 10.6 Å². The van der Waals surface area contributed by atoms with Crippen LogP contribution in [0, 0.1) is 0 Å². The maximum absolute atomic E-state index is 14.0. The van der Waals surface area contributed by atoms with Gasteiger partial charge in [-0.2, -0.15) is 0 Å². The topological polar surface area (TPSA) is 96.0 Å². The summed E-state index contributed by atoms with van der Waals surface area (Å²) in [5.41, 5.74) is 1.06. The molecule has 0 radical (unpaired) electrons. The number of hydrogen-bond acceptors (Lipinski definition) is 5. The Balaban J connectivity index is 1.69. The van der Waals surface area contributed by atoms with E-state index >= 15 is 0 Å². The zero-order chi connectivity index (χ0) is 30.1. The molecule has 4 aromatic rings. The van der Waals surface area contributed by atoms with Crippen molar-refractivity contribution < 1.29 is 22.7 Å². The molecule has 4 aromatic carbocycles. The molecule has 0 saturated heterocycles. The van der Waals surface area contributed by atoms with Gasteiger partial charge < -0.3 is 15.0 Å². The van der Waals surface area contributed by atoms with E-state index in [0.29, 0.717) is 18.0 Å². The normalized spacial score (nSPS) is 11.8. The number of rotatable bonds is 12. The first-order valence-corrected chi connectivity index (χ1v) is 15.6. The summed E-state index contributed by atoms with van der Waals surface area (Å²) in [6.45, 7) is 3.42. The highest BCUT2D eigenvalue weighted by Gasteiger charge is 2.32. The highest BCUT2D eigenvalue weighted by Crippen LogP contribution is 2.28. The van der Waals surface area contributed by atoms with Gasteiger partial charge in [-0.05, 0) is 80.1 Å². The molecule has 0 aliphatic carbocycles. The molecule has 0 aromatic heterocycles. The van der Waals surface area contributed by atoms with Gasteiger partial charge >= 0.3 is 0 Å². The van der Waals surface area contributed by atoms with Crippen molar-refractivity contribution in [1.29, 1.82) is 0 Å². The van der Waals surface area contributed by atoms with Gasteiger partial charge in [-0.15, -0.1) is 0 Å². The second-order valence-corrected chi connectivity index (χ2v) is 12.2. The van der Waals surface area contributed by atoms with E-state index in [0.717, 1.165) is 14.3 Å². The average Bonchev–Trinajstić information content (AvgIpc) is 3.00. The highest BCUT2D eigenvalue weighted by molar-refractivity contribution is 9.10. The van der Waals surface area contributed by atoms with Gasteiger partial charge in [-0.1, -0.05) is 64.5 Å². The lowest BCUT2D eigenvalue weighted by Gasteiger charge is -2.32. The molecule has 0 spiro atoms. The number of likely N-dealkylation sites (N-methyl/N-ethyl adjacent to an activating group) is 1. The van der Waals surface area contributed by atoms with E-state index in [9.17, 15) is 18.0 Å². The van der Waals surface area contributed by atoms with E-state index in [-0.39, 0.29) is 23.0 Å². The average molecular weight is 651 g/mol. The van der Waals surface area contributed by atoms with Crippen molar-refractivity contribution >= 4 is 43.5 Å². The molecule has 10 heteroatoms. The number of halogens is 1. The summed E-state index contributed by atoms with van der Waals surface area (Å²) >= 11 is 3.45. The van der Waals surface area contributed by atoms with Gasteiger partial charge in [-0.25, -0.2) is 8.42 Å². The number of anilines is 1. The lowest BCUT2D eigenvalue weighted by Crippen LogP contribution is -2.51. The number of ether oxygens (including phenoxy) is 1. The molecule has 1 unspecified atom stereocenters. The van der Waals surface area contributed by atoms with Crippen LogP contribution in [0.5, 0.6) is 11.5 Å². The second kappa shape index (κ2) is 14.2. The zero-order valence-electron chi connectivity index (χ0n) is 23.3. The van der Waals surface area contributed by atoms with Crippen molar-refractivity contribution in [1.82, 2.24) is 10.2 Å². The predicted octanol–water partition coefficient (Wildman–Crippen LogP) is 5.99. The number of nitrogens with one attached hydrogen (secondary N) is 1. The molecular weight excluding hydrogens is 618 g/mol. The van der Waals surface area contributed by atoms with Crippen LogP contribution >= 0.6 is 15.9 Å². The smallest absolute Gasteiger partial charge is 0.264 e. The van der Waals surface area contributed by atoms with Crippen molar-refractivity contribution in [2.24, 2.45) is 0 Å². The molecule has 8 nitrogen and oxygen atoms in total. The van der Waals surface area contributed by atoms with Gasteiger partial charge in [0.2, 0.25) is 11.8 Å². The third-order valence-electron chi connectivity index (χ3n) is 6.47. The molecule has 218 valence electrons. The Bertz CT molecular complexity index is 1600. The first-order valence-electron chi connectivity index (χ1n) is 13.4. The number of carbonyl (C=O) groups is 2. The van der Waals surface area contributed by atoms with Crippen LogP contribution in [0.1, 0.15) is 19.4 Å². The minimum absolute atomic E-state index is 0.0396. The Morgan fingerprint density at radius 1 is 0.857 bits per heavy atom. The fourth-order valence-electron chi connectivity index (χ4n) is 4.29. The van der Waals surface area contributed by atoms with Crippen LogP contribution in [0.4, 0.5) is 5.69 Å². The fourth-order valence-corrected chi connectivity index (χ4v) is 6.17. The summed E-state index contributed by atoms with van der Waals surface area (Å²) in [5.74, 6) is 0.282. The Morgan fingerprint density at radius 3 is 2.10 bits per heavy atom. The SMILES string of the molecule is CCNC(=O)C(C)N(Cc1cccc(Br)c1)C(=O)CN(c1ccc(Oc2ccccc2)cc1)S(=O)(=O)c1ccccc1. The van der Waals surface area contributed by atoms with E-state index in [2.05, 4.69) is 21.2 Å². The largest absolute Gasteiger partial charge is 0.457 e. The fraction of sp³-hybridized carbons (Fsp3) is 0.188. The molecule has 42 heavy (non-hydrogen) atoms. The van der Waals surface area contributed by atoms with Gasteiger partial charge in [-0.3, -0.25) is 13.9 Å². The lowest BCUT2D eigenvalue weighted by atomic mass is 10.1. The Morgan fingerprint density at radius 2 is 1.48 bits per heavy atom. The number of hydrogen-bond donors (Lipinski definition) is 1. The van der Waals surface area contributed by atoms with Crippen molar-refractivity contribution in [3.05, 3.63) is 119 Å². The lowest BCUT2D eigenvalue weighted by molar-refractivity contribution is -0.139. The van der Waals surface area contributed by atoms with Gasteiger partial charge in [0.15, 0.2) is 0 Å². The van der Waals surface area contributed by atoms with E-state index in [1.807, 2.05) is 54.6 Å². The van der Waals surface area contributed by atoms with Gasteiger partial charge in [0, 0.05) is 17.6 Å². The highest BCUT2D eigenvalue weighted by atomic mass is 79.9. The molecule has 1 N–H and O–H groups in total. The molecule has 0 fully saturated rings. The molecule has 0 bridgehead atoms. The summed E-state index contributed by atoms with van der Waals surface area (Å²) in [5, 5.41) is 2.76. The first-order chi connectivity index (χ1) is 20.2. The van der Waals surface area contributed by atoms with Gasteiger partial charge in [0.1, 0.15) is 24.1 Å². The van der Waals surface area contributed by atoms with E-state index in [4.69, 9.17) is 4.74 Å². The maximum atomic E-state index is 14.0. The monoisotopic (exact) mass is 649 g/mol. The Kier molecular flexibility index (Phi) is 10.4. The summed E-state index contributed by atoms with van der Waals surface area (Å²) in [6, 6.07) is 30.2. The van der Waals surface area contributed by atoms with Crippen molar-refractivity contribution in [2.45, 2.75) is 31.3 Å².